The van der Waals surface area contributed by atoms with Crippen molar-refractivity contribution in [2.45, 2.75) is 32.2 Å². The van der Waals surface area contributed by atoms with Gasteiger partial charge in [-0.25, -0.2) is 9.97 Å². The maximum absolute atomic E-state index is 12.6. The number of rotatable bonds is 3. The maximum atomic E-state index is 12.6. The lowest BCUT2D eigenvalue weighted by atomic mass is 10.1. The summed E-state index contributed by atoms with van der Waals surface area (Å²) < 4.78 is 0. The van der Waals surface area contributed by atoms with Crippen LogP contribution in [0.5, 0.6) is 0 Å². The molecule has 1 unspecified atom stereocenters. The van der Waals surface area contributed by atoms with Crippen LogP contribution in [0.1, 0.15) is 35.8 Å². The molecule has 0 radical (unpaired) electrons. The summed E-state index contributed by atoms with van der Waals surface area (Å²) in [6.45, 7) is 3.42. The molecular weight excluding hydrogens is 328 g/mol. The van der Waals surface area contributed by atoms with Gasteiger partial charge in [0.05, 0.1) is 18.1 Å². The minimum atomic E-state index is -0.105. The number of likely N-dealkylation sites (tertiary alicyclic amines) is 1. The predicted octanol–water partition coefficient (Wildman–Crippen LogP) is 2.15. The lowest BCUT2D eigenvalue weighted by Gasteiger charge is -2.30. The van der Waals surface area contributed by atoms with Gasteiger partial charge in [0.25, 0.3) is 5.91 Å². The quantitative estimate of drug-likeness (QED) is 0.754. The second-order valence-corrected chi connectivity index (χ2v) is 6.73. The molecule has 0 saturated carbocycles. The molecule has 26 heavy (non-hydrogen) atoms. The molecule has 0 aliphatic carbocycles. The standard InChI is InChI=1S/C19H22N6O/c1-2-12-7-23-18-15(12)6-13(8-24-18)16-9-22-17(10-21-16)19(26)25-5-3-4-14(20)11-25/h6-10,14H,2-5,11,20H2,1H3,(H,23,24). The van der Waals surface area contributed by atoms with Crippen molar-refractivity contribution < 1.29 is 4.79 Å². The molecule has 0 aromatic carbocycles. The van der Waals surface area contributed by atoms with E-state index in [2.05, 4.69) is 32.9 Å². The molecule has 1 aliphatic rings. The first-order valence-electron chi connectivity index (χ1n) is 8.99. The second kappa shape index (κ2) is 6.84. The van der Waals surface area contributed by atoms with E-state index in [1.807, 2.05) is 6.20 Å². The van der Waals surface area contributed by atoms with Crippen LogP contribution < -0.4 is 5.73 Å². The number of nitrogens with one attached hydrogen (secondary N) is 1. The van der Waals surface area contributed by atoms with E-state index in [-0.39, 0.29) is 11.9 Å². The number of aryl methyl sites for hydroxylation is 1. The normalized spacial score (nSPS) is 17.6. The van der Waals surface area contributed by atoms with E-state index < -0.39 is 0 Å². The van der Waals surface area contributed by atoms with E-state index in [4.69, 9.17) is 5.73 Å². The fourth-order valence-corrected chi connectivity index (χ4v) is 3.43. The molecule has 3 aromatic rings. The largest absolute Gasteiger partial charge is 0.346 e. The number of carbonyl (C=O) groups is 1. The van der Waals surface area contributed by atoms with Crippen molar-refractivity contribution in [2.75, 3.05) is 13.1 Å². The fraction of sp³-hybridized carbons (Fsp3) is 0.368. The molecule has 134 valence electrons. The van der Waals surface area contributed by atoms with Gasteiger partial charge in [0.1, 0.15) is 11.3 Å². The molecule has 0 bridgehead atoms. The van der Waals surface area contributed by atoms with Gasteiger partial charge in [0.15, 0.2) is 0 Å². The summed E-state index contributed by atoms with van der Waals surface area (Å²) in [5.41, 5.74) is 9.99. The van der Waals surface area contributed by atoms with Crippen molar-refractivity contribution in [3.63, 3.8) is 0 Å². The molecule has 4 heterocycles. The summed E-state index contributed by atoms with van der Waals surface area (Å²) in [7, 11) is 0. The van der Waals surface area contributed by atoms with Gasteiger partial charge in [0, 0.05) is 42.5 Å². The molecule has 7 heteroatoms. The van der Waals surface area contributed by atoms with E-state index in [0.717, 1.165) is 42.4 Å². The van der Waals surface area contributed by atoms with E-state index >= 15 is 0 Å². The molecule has 7 nitrogen and oxygen atoms in total. The predicted molar refractivity (Wildman–Crippen MR) is 99.6 cm³/mol. The summed E-state index contributed by atoms with van der Waals surface area (Å²) in [5.74, 6) is -0.105. The number of hydrogen-bond donors (Lipinski definition) is 2. The minimum absolute atomic E-state index is 0.0480. The van der Waals surface area contributed by atoms with Crippen LogP contribution in [0, 0.1) is 0 Å². The van der Waals surface area contributed by atoms with Crippen LogP contribution in [0.3, 0.4) is 0 Å². The van der Waals surface area contributed by atoms with E-state index in [0.29, 0.717) is 17.9 Å². The van der Waals surface area contributed by atoms with Crippen molar-refractivity contribution in [2.24, 2.45) is 5.73 Å². The lowest BCUT2D eigenvalue weighted by Crippen LogP contribution is -2.45. The van der Waals surface area contributed by atoms with Gasteiger partial charge in [-0.3, -0.25) is 9.78 Å². The van der Waals surface area contributed by atoms with Crippen molar-refractivity contribution in [1.82, 2.24) is 24.8 Å². The van der Waals surface area contributed by atoms with Crippen LogP contribution in [0.2, 0.25) is 0 Å². The van der Waals surface area contributed by atoms with Crippen molar-refractivity contribution in [1.29, 1.82) is 0 Å². The van der Waals surface area contributed by atoms with Crippen LogP contribution in [0.25, 0.3) is 22.3 Å². The highest BCUT2D eigenvalue weighted by Crippen LogP contribution is 2.23. The number of pyridine rings is 1. The number of H-pyrrole nitrogens is 1. The third kappa shape index (κ3) is 3.06. The molecule has 1 atom stereocenters. The number of carbonyl (C=O) groups excluding carboxylic acids is 1. The molecule has 3 N–H and O–H groups in total. The zero-order chi connectivity index (χ0) is 18.1. The molecule has 0 spiro atoms. The highest BCUT2D eigenvalue weighted by Gasteiger charge is 2.23. The van der Waals surface area contributed by atoms with Gasteiger partial charge in [-0.1, -0.05) is 6.92 Å². The van der Waals surface area contributed by atoms with E-state index in [1.54, 1.807) is 23.5 Å². The molecule has 1 fully saturated rings. The summed E-state index contributed by atoms with van der Waals surface area (Å²) in [6.07, 6.45) is 9.76. The average molecular weight is 350 g/mol. The first-order valence-corrected chi connectivity index (χ1v) is 8.99. The Morgan fingerprint density at radius 2 is 2.19 bits per heavy atom. The third-order valence-electron chi connectivity index (χ3n) is 4.91. The van der Waals surface area contributed by atoms with Gasteiger partial charge in [-0.2, -0.15) is 0 Å². The maximum Gasteiger partial charge on any atom is 0.274 e. The summed E-state index contributed by atoms with van der Waals surface area (Å²) in [4.78, 5) is 30.7. The molecule has 3 aromatic heterocycles. The number of fused-ring (bicyclic) bond motifs is 1. The fourth-order valence-electron chi connectivity index (χ4n) is 3.43. The summed E-state index contributed by atoms with van der Waals surface area (Å²) in [6, 6.07) is 2.11. The molecule has 1 aliphatic heterocycles. The molecule has 4 rings (SSSR count). The van der Waals surface area contributed by atoms with Crippen molar-refractivity contribution in [3.05, 3.63) is 42.1 Å². The van der Waals surface area contributed by atoms with Crippen LogP contribution in [-0.2, 0) is 6.42 Å². The third-order valence-corrected chi connectivity index (χ3v) is 4.91. The minimum Gasteiger partial charge on any atom is -0.346 e. The van der Waals surface area contributed by atoms with Gasteiger partial charge in [-0.15, -0.1) is 0 Å². The van der Waals surface area contributed by atoms with Crippen LogP contribution >= 0.6 is 0 Å². The topological polar surface area (TPSA) is 101 Å². The Morgan fingerprint density at radius 1 is 1.31 bits per heavy atom. The van der Waals surface area contributed by atoms with Crippen molar-refractivity contribution >= 4 is 16.9 Å². The number of nitrogens with two attached hydrogens (primary N) is 1. The monoisotopic (exact) mass is 350 g/mol. The van der Waals surface area contributed by atoms with Crippen molar-refractivity contribution in [3.8, 4) is 11.3 Å². The Balaban J connectivity index is 1.58. The molecule has 1 saturated heterocycles. The first-order chi connectivity index (χ1) is 12.7. The number of nitrogens with zero attached hydrogens (tertiary/aromatic N) is 4. The van der Waals surface area contributed by atoms with Gasteiger partial charge in [-0.05, 0) is 30.9 Å². The second-order valence-electron chi connectivity index (χ2n) is 6.73. The van der Waals surface area contributed by atoms with Gasteiger partial charge >= 0.3 is 0 Å². The summed E-state index contributed by atoms with van der Waals surface area (Å²) >= 11 is 0. The molecule has 1 amide bonds. The van der Waals surface area contributed by atoms with E-state index in [1.165, 1.54) is 5.56 Å². The zero-order valence-corrected chi connectivity index (χ0v) is 14.8. The van der Waals surface area contributed by atoms with Crippen LogP contribution in [-0.4, -0.2) is 49.9 Å². The zero-order valence-electron chi connectivity index (χ0n) is 14.8. The average Bonchev–Trinajstić information content (AvgIpc) is 3.10. The first kappa shape index (κ1) is 16.7. The smallest absolute Gasteiger partial charge is 0.274 e. The Kier molecular flexibility index (Phi) is 4.38. The number of aromatic nitrogens is 4. The number of piperidine rings is 1. The van der Waals surface area contributed by atoms with Crippen LogP contribution in [0.4, 0.5) is 0 Å². The van der Waals surface area contributed by atoms with Gasteiger partial charge in [0.2, 0.25) is 0 Å². The SMILES string of the molecule is CCc1c[nH]c2ncc(-c3cnc(C(=O)N4CCCC(N)C4)cn3)cc12. The Bertz CT molecular complexity index is 933. The Hall–Kier alpha value is -2.80. The number of aromatic amines is 1. The summed E-state index contributed by atoms with van der Waals surface area (Å²) in [5, 5.41) is 1.09. The highest BCUT2D eigenvalue weighted by molar-refractivity contribution is 5.92. The Labute approximate surface area is 151 Å². The van der Waals surface area contributed by atoms with Gasteiger partial charge < -0.3 is 15.6 Å². The highest BCUT2D eigenvalue weighted by atomic mass is 16.2. The van der Waals surface area contributed by atoms with E-state index in [9.17, 15) is 4.79 Å². The Morgan fingerprint density at radius 3 is 2.92 bits per heavy atom. The molecular formula is C19H22N6O. The van der Waals surface area contributed by atoms with Crippen LogP contribution in [0.15, 0.2) is 30.9 Å². The number of hydrogen-bond acceptors (Lipinski definition) is 5. The number of amides is 1. The lowest BCUT2D eigenvalue weighted by molar-refractivity contribution is 0.0702.